The van der Waals surface area contributed by atoms with Gasteiger partial charge in [0.25, 0.3) is 16.0 Å². The number of phosphoric ester groups is 1. The van der Waals surface area contributed by atoms with Crippen molar-refractivity contribution in [3.63, 3.8) is 0 Å². The van der Waals surface area contributed by atoms with E-state index in [1.54, 1.807) is 6.92 Å². The highest BCUT2D eigenvalue weighted by Gasteiger charge is 2.44. The number of benzene rings is 3. The number of ether oxygens (including phenoxy) is 3. The Morgan fingerprint density at radius 1 is 1.00 bits per heavy atom. The van der Waals surface area contributed by atoms with Crippen molar-refractivity contribution < 1.29 is 97.5 Å². The molecule has 3 amide bonds. The second kappa shape index (κ2) is 28.9. The van der Waals surface area contributed by atoms with E-state index in [1.165, 1.54) is 70.2 Å². The predicted molar refractivity (Wildman–Crippen MR) is 296 cm³/mol. The van der Waals surface area contributed by atoms with Crippen molar-refractivity contribution in [2.45, 2.75) is 55.9 Å². The van der Waals surface area contributed by atoms with Crippen LogP contribution in [-0.4, -0.2) is 129 Å². The maximum Gasteiger partial charge on any atom is 0.490 e. The average Bonchev–Trinajstić information content (AvgIpc) is 1.62. The van der Waals surface area contributed by atoms with Crippen molar-refractivity contribution in [3.05, 3.63) is 97.2 Å². The van der Waals surface area contributed by atoms with Gasteiger partial charge in [0.15, 0.2) is 10.5 Å². The maximum atomic E-state index is 13.4. The summed E-state index contributed by atoms with van der Waals surface area (Å²) in [5.74, 6) is 4.06. The fourth-order valence-corrected chi connectivity index (χ4v) is 13.3. The SMILES string of the molecule is Cc1c2oc3c(S(=O)(=O)O)c(N)ccc3c(-c3cc(C(=O)NCCSSCOCCCCCNC(=O)NCC#Cc4cn([C@H]5CC(OCN=[N+]=[N-])[C@@H](COP(=O)(O)OP(=O)(O)OP(=O)(O)O)O5)c(=O)nc4N)ccc3C(=O)O)c-2ccc1=N. The number of aromatic nitrogens is 2. The van der Waals surface area contributed by atoms with E-state index < -0.39 is 93.9 Å². The second-order valence-corrected chi connectivity index (χ2v) is 25.5. The zero-order valence-electron chi connectivity index (χ0n) is 43.0. The number of nitrogens with two attached hydrogens (primary N) is 2. The Hall–Kier alpha value is -6.41. The lowest BCUT2D eigenvalue weighted by Crippen LogP contribution is -2.36. The number of urea groups is 1. The molecule has 6 rings (SSSR count). The Balaban J connectivity index is 0.895. The van der Waals surface area contributed by atoms with Crippen LogP contribution in [0.5, 0.6) is 0 Å². The molecule has 1 fully saturated rings. The largest absolute Gasteiger partial charge is 0.490 e. The minimum Gasteiger partial charge on any atom is -0.478 e. The number of nitrogen functional groups attached to an aromatic ring is 2. The fourth-order valence-electron chi connectivity index (χ4n) is 7.91. The Labute approximate surface area is 477 Å². The molecule has 448 valence electrons. The zero-order chi connectivity index (χ0) is 60.9. The number of anilines is 2. The molecule has 0 saturated carbocycles. The Bertz CT molecular complexity index is 3740. The van der Waals surface area contributed by atoms with Crippen LogP contribution in [-0.2, 0) is 51.2 Å². The lowest BCUT2D eigenvalue weighted by molar-refractivity contribution is -0.0601. The maximum absolute atomic E-state index is 13.4. The van der Waals surface area contributed by atoms with E-state index in [2.05, 4.69) is 55.9 Å². The minimum absolute atomic E-state index is 0.0188. The summed E-state index contributed by atoms with van der Waals surface area (Å²) in [6, 6.07) is 9.04. The predicted octanol–water partition coefficient (Wildman–Crippen LogP) is 4.55. The molecule has 14 N–H and O–H groups in total. The summed E-state index contributed by atoms with van der Waals surface area (Å²) < 4.78 is 106. The number of carboxylic acids is 1. The highest BCUT2D eigenvalue weighted by Crippen LogP contribution is 2.66. The van der Waals surface area contributed by atoms with E-state index in [1.807, 2.05) is 0 Å². The Morgan fingerprint density at radius 2 is 1.76 bits per heavy atom. The van der Waals surface area contributed by atoms with E-state index in [0.717, 1.165) is 11.0 Å². The first-order valence-corrected chi connectivity index (χ1v) is 32.3. The Morgan fingerprint density at radius 3 is 2.47 bits per heavy atom. The average molecular weight is 1280 g/mol. The molecular formula is C44H52N11O22P3S3. The number of carboxylic acid groups (broad SMARTS) is 1. The number of nitrogens with zero attached hydrogens (tertiary/aromatic N) is 5. The number of fused-ring (bicyclic) bond motifs is 2. The summed E-state index contributed by atoms with van der Waals surface area (Å²) in [6.07, 6.45) is -0.743. The van der Waals surface area contributed by atoms with Gasteiger partial charge in [0.1, 0.15) is 36.6 Å². The number of aromatic carboxylic acids is 1. The molecular weight excluding hydrogens is 1220 g/mol. The highest BCUT2D eigenvalue weighted by atomic mass is 33.1. The van der Waals surface area contributed by atoms with Crippen LogP contribution in [0.1, 0.15) is 63.8 Å². The van der Waals surface area contributed by atoms with Crippen molar-refractivity contribution in [2.24, 2.45) is 5.11 Å². The summed E-state index contributed by atoms with van der Waals surface area (Å²) in [5.41, 5.74) is 19.6. The minimum atomic E-state index is -5.83. The molecule has 1 aromatic heterocycles. The summed E-state index contributed by atoms with van der Waals surface area (Å²) in [7, 11) is -19.2. The first-order chi connectivity index (χ1) is 39.1. The van der Waals surface area contributed by atoms with E-state index >= 15 is 0 Å². The van der Waals surface area contributed by atoms with Gasteiger partial charge < -0.3 is 76.1 Å². The number of amides is 3. The van der Waals surface area contributed by atoms with Gasteiger partial charge in [-0.1, -0.05) is 38.5 Å². The number of unbranched alkanes of at least 4 members (excludes halogenated alkanes) is 2. The zero-order valence-corrected chi connectivity index (χ0v) is 48.1. The summed E-state index contributed by atoms with van der Waals surface area (Å²) in [4.78, 5) is 93.5. The van der Waals surface area contributed by atoms with Gasteiger partial charge in [0.05, 0.1) is 41.4 Å². The summed E-state index contributed by atoms with van der Waals surface area (Å²) >= 11 is 0. The van der Waals surface area contributed by atoms with Gasteiger partial charge in [-0.05, 0) is 79.7 Å². The van der Waals surface area contributed by atoms with Crippen LogP contribution in [0.2, 0.25) is 0 Å². The molecule has 3 unspecified atom stereocenters. The number of carbonyl (C=O) groups is 3. The van der Waals surface area contributed by atoms with Crippen LogP contribution in [0.15, 0.2) is 67.9 Å². The smallest absolute Gasteiger partial charge is 0.478 e. The number of carbonyl (C=O) groups excluding carboxylic acids is 2. The van der Waals surface area contributed by atoms with Crippen molar-refractivity contribution >= 4 is 95.6 Å². The number of hydrogen-bond acceptors (Lipinski definition) is 23. The molecule has 3 aromatic rings. The van der Waals surface area contributed by atoms with E-state index in [0.29, 0.717) is 48.8 Å². The normalized spacial score (nSPS) is 16.7. The van der Waals surface area contributed by atoms with Crippen LogP contribution in [0.3, 0.4) is 0 Å². The van der Waals surface area contributed by atoms with Gasteiger partial charge in [-0.15, -0.1) is 0 Å². The third-order valence-electron chi connectivity index (χ3n) is 11.5. The van der Waals surface area contributed by atoms with Crippen LogP contribution in [0.25, 0.3) is 43.9 Å². The standard InChI is InChI=1S/C44H52N11O22P3S3/c1-24-31(45)11-9-28-36(29-10-12-32(46)39(83(68,69)70)38(29)75-37(24)28)30-18-25(7-8-27(30)42(57)58)41(56)49-15-17-81-82-23-71-16-4-2-3-13-50-43(59)51-14-5-6-26-20-55(44(60)53-40(26)47)35-19-33(72-22-52-54-48)34(74-35)21-73-79(64,65)77-80(66,67)76-78(61,62)63/h7-12,18,20,33-35,45H,2-4,13-17,19,21-23,46H2,1H3,(H,49,56)(H,57,58)(H,64,65)(H,66,67)(H2,47,53,60)(H2,50,51,59)(H2,61,62,63)(H,68,69,70)/t33?,34-,35-/m1/s1. The van der Waals surface area contributed by atoms with Gasteiger partial charge in [-0.25, -0.2) is 28.1 Å². The molecule has 83 heavy (non-hydrogen) atoms. The van der Waals surface area contributed by atoms with Crippen LogP contribution >= 0.6 is 45.1 Å². The van der Waals surface area contributed by atoms with Crippen LogP contribution in [0.4, 0.5) is 16.3 Å². The summed E-state index contributed by atoms with van der Waals surface area (Å²) in [6.45, 7) is 0.853. The third-order valence-corrected chi connectivity index (χ3v) is 18.4. The molecule has 0 bridgehead atoms. The first kappa shape index (κ1) is 65.7. The highest BCUT2D eigenvalue weighted by molar-refractivity contribution is 8.76. The van der Waals surface area contributed by atoms with Crippen molar-refractivity contribution in [1.29, 1.82) is 5.41 Å². The second-order valence-electron chi connectivity index (χ2n) is 17.2. The van der Waals surface area contributed by atoms with Crippen molar-refractivity contribution in [1.82, 2.24) is 25.5 Å². The number of hydrogen-bond donors (Lipinski definition) is 12. The fraction of sp³-hybridized carbons (Fsp3) is 0.364. The van der Waals surface area contributed by atoms with Crippen LogP contribution < -0.4 is 38.5 Å². The monoisotopic (exact) mass is 1280 g/mol. The van der Waals surface area contributed by atoms with Gasteiger partial charge in [0.2, 0.25) is 0 Å². The van der Waals surface area contributed by atoms with Crippen molar-refractivity contribution in [3.8, 4) is 34.3 Å². The molecule has 1 aliphatic carbocycles. The lowest BCUT2D eigenvalue weighted by Gasteiger charge is -2.21. The molecule has 1 saturated heterocycles. The Kier molecular flexibility index (Phi) is 22.9. The van der Waals surface area contributed by atoms with Gasteiger partial charge in [-0.3, -0.25) is 18.4 Å². The number of phosphoric acid groups is 3. The van der Waals surface area contributed by atoms with Crippen molar-refractivity contribution in [2.75, 3.05) is 62.7 Å². The molecule has 2 aliphatic heterocycles. The van der Waals surface area contributed by atoms with Gasteiger partial charge >= 0.3 is 41.2 Å². The van der Waals surface area contributed by atoms with E-state index in [4.69, 9.17) is 50.8 Å². The molecule has 39 heteroatoms. The first-order valence-electron chi connectivity index (χ1n) is 23.8. The number of rotatable bonds is 28. The molecule has 0 radical (unpaired) electrons. The summed E-state index contributed by atoms with van der Waals surface area (Å²) in [5, 5.41) is 29.9. The van der Waals surface area contributed by atoms with E-state index in [9.17, 15) is 60.7 Å². The van der Waals surface area contributed by atoms with E-state index in [-0.39, 0.29) is 80.9 Å². The molecule has 33 nitrogen and oxygen atoms in total. The quantitative estimate of drug-likeness (QED) is 0.00279. The third kappa shape index (κ3) is 18.5. The molecule has 0 spiro atoms. The topological polar surface area (TPSA) is 522 Å². The molecule has 5 atom stereocenters. The van der Waals surface area contributed by atoms with Gasteiger partial charge in [-0.2, -0.15) is 22.0 Å². The van der Waals surface area contributed by atoms with Gasteiger partial charge in [0, 0.05) is 70.6 Å². The lowest BCUT2D eigenvalue weighted by atomic mass is 9.88. The molecule has 2 aromatic carbocycles. The molecule has 3 heterocycles. The van der Waals surface area contributed by atoms with Crippen LogP contribution in [0, 0.1) is 24.2 Å². The number of nitrogens with one attached hydrogen (secondary N) is 4. The number of azide groups is 1. The molecule has 3 aliphatic rings.